The molecule has 12 atom stereocenters. The van der Waals surface area contributed by atoms with Gasteiger partial charge in [0, 0.05) is 36.4 Å². The van der Waals surface area contributed by atoms with Crippen LogP contribution in [0, 0.1) is 5.92 Å². The van der Waals surface area contributed by atoms with E-state index in [9.17, 15) is 73.2 Å². The Morgan fingerprint density at radius 1 is 0.702 bits per heavy atom. The van der Waals surface area contributed by atoms with Crippen molar-refractivity contribution in [3.8, 4) is 5.75 Å². The molecule has 5 heterocycles. The number of quaternary nitrogens is 1. The molecule has 0 saturated carbocycles. The Labute approximate surface area is 535 Å². The number of aliphatic hydroxyl groups excluding tert-OH is 2. The van der Waals surface area contributed by atoms with Crippen molar-refractivity contribution < 1.29 is 93.3 Å². The van der Waals surface area contributed by atoms with E-state index in [-0.39, 0.29) is 60.8 Å². The van der Waals surface area contributed by atoms with Gasteiger partial charge in [-0.1, -0.05) is 68.4 Å². The van der Waals surface area contributed by atoms with Crippen molar-refractivity contribution in [2.45, 2.75) is 125 Å². The largest absolute Gasteiger partial charge is 0.508 e. The molecule has 6 bridgehead atoms. The van der Waals surface area contributed by atoms with Gasteiger partial charge in [-0.05, 0) is 59.2 Å². The smallest absolute Gasteiger partial charge is 0.338 e. The van der Waals surface area contributed by atoms with E-state index in [0.717, 1.165) is 0 Å². The minimum atomic E-state index is -2.05. The van der Waals surface area contributed by atoms with Crippen LogP contribution in [0.15, 0.2) is 91.5 Å². The number of hydrogen-bond donors (Lipinski definition) is 21. The van der Waals surface area contributed by atoms with Gasteiger partial charge in [-0.25, -0.2) is 14.3 Å². The Morgan fingerprint density at radius 2 is 1.32 bits per heavy atom. The van der Waals surface area contributed by atoms with Gasteiger partial charge in [0.25, 0.3) is 5.91 Å². The fourth-order valence-corrected chi connectivity index (χ4v) is 10.9. The van der Waals surface area contributed by atoms with Gasteiger partial charge in [-0.15, -0.1) is 0 Å². The van der Waals surface area contributed by atoms with E-state index in [1.165, 1.54) is 67.3 Å². The summed E-state index contributed by atoms with van der Waals surface area (Å²) in [7, 11) is 0. The molecule has 3 aromatic carbocycles. The molecule has 0 unspecified atom stereocenters. The van der Waals surface area contributed by atoms with Crippen molar-refractivity contribution >= 4 is 87.8 Å². The van der Waals surface area contributed by atoms with E-state index >= 15 is 4.79 Å². The molecule has 0 spiro atoms. The van der Waals surface area contributed by atoms with Gasteiger partial charge in [-0.3, -0.25) is 69.2 Å². The summed E-state index contributed by atoms with van der Waals surface area (Å²) in [6, 6.07) is 0.422. The Balaban J connectivity index is 1.21. The van der Waals surface area contributed by atoms with Crippen LogP contribution in [0.3, 0.4) is 0 Å². The third-order valence-corrected chi connectivity index (χ3v) is 15.9. The summed E-state index contributed by atoms with van der Waals surface area (Å²) in [5.74, 6) is -16.3. The summed E-state index contributed by atoms with van der Waals surface area (Å²) < 4.78 is 1.42. The molecule has 34 nitrogen and oxygen atoms in total. The van der Waals surface area contributed by atoms with Gasteiger partial charge < -0.3 is 90.5 Å². The van der Waals surface area contributed by atoms with Gasteiger partial charge in [0.1, 0.15) is 66.0 Å². The number of aromatic hydroxyl groups is 1. The quantitative estimate of drug-likeness (QED) is 0.0101. The number of fused-ring (bicyclic) bond motifs is 14. The van der Waals surface area contributed by atoms with E-state index < -0.39 is 175 Å². The number of carbonyl (C=O) groups excluding carboxylic acids is 11. The molecule has 0 aliphatic carbocycles. The van der Waals surface area contributed by atoms with Gasteiger partial charge >= 0.3 is 11.9 Å². The lowest BCUT2D eigenvalue weighted by molar-refractivity contribution is -0.713. The number of nitrogens with one attached hydrogen (secondary N) is 12. The first-order chi connectivity index (χ1) is 44.7. The maximum atomic E-state index is 15.0. The van der Waals surface area contributed by atoms with Gasteiger partial charge in [0.2, 0.25) is 65.4 Å². The maximum Gasteiger partial charge on any atom is 0.338 e. The fraction of sp³-hybridized carbons (Fsp3) is 0.400. The number of carboxylic acids is 1. The van der Waals surface area contributed by atoms with Crippen molar-refractivity contribution in [1.82, 2.24) is 57.8 Å². The number of aromatic amines is 2. The molecule has 502 valence electrons. The summed E-state index contributed by atoms with van der Waals surface area (Å²) in [6.45, 7) is 0.850. The molecule has 0 radical (unpaired) electrons. The van der Waals surface area contributed by atoms with Crippen molar-refractivity contribution in [3.05, 3.63) is 119 Å². The molecule has 0 fully saturated rings. The van der Waals surface area contributed by atoms with Crippen LogP contribution >= 0.6 is 0 Å². The second kappa shape index (κ2) is 31.8. The van der Waals surface area contributed by atoms with Crippen molar-refractivity contribution in [2.75, 3.05) is 19.8 Å². The SMILES string of the molecule is CC(C)[C@H](NC(=O)[C@H]1NC(=O)[C@H](CO)NC(=O)[C@H](CC(N)=O)NC(=O)[C@@H]([NH3+])Cc2c[nH]c3cc(ccc23)[C@H]1C(N)=O)C(=O)N[C@H]1Cc2c[n+](c[nH]2)[C@H](c2ccc(O)cc2)[C@@H](C(=O)N[C@@H](CCC[NH+]=C(N)N)C(=O)N[C@@H](Cc2ccccc2)C(=O)O)NC(=O)[C@H](CO)NC1=O. The van der Waals surface area contributed by atoms with Crippen LogP contribution < -0.4 is 86.1 Å². The molecule has 27 N–H and O–H groups in total. The van der Waals surface area contributed by atoms with E-state index in [1.807, 2.05) is 0 Å². The number of guanidine groups is 1. The molecular formula is C60H79N18O16+3. The number of H-pyrrole nitrogens is 2. The van der Waals surface area contributed by atoms with Gasteiger partial charge in [-0.2, -0.15) is 0 Å². The van der Waals surface area contributed by atoms with E-state index in [0.29, 0.717) is 22.0 Å². The fourth-order valence-electron chi connectivity index (χ4n) is 10.9. The third kappa shape index (κ3) is 18.2. The topological polar surface area (TPSA) is 575 Å². The van der Waals surface area contributed by atoms with Crippen LogP contribution in [0.5, 0.6) is 5.75 Å². The number of aromatic nitrogens is 3. The molecule has 0 saturated heterocycles. The lowest BCUT2D eigenvalue weighted by Gasteiger charge is -2.31. The number of hydrogen-bond acceptors (Lipinski definition) is 15. The van der Waals surface area contributed by atoms with Crippen LogP contribution in [-0.4, -0.2) is 187 Å². The minimum Gasteiger partial charge on any atom is -0.508 e. The Bertz CT molecular complexity index is 3670. The van der Waals surface area contributed by atoms with E-state index in [4.69, 9.17) is 22.9 Å². The first-order valence-corrected chi connectivity index (χ1v) is 29.9. The zero-order valence-corrected chi connectivity index (χ0v) is 51.2. The number of carbonyl (C=O) groups is 12. The highest BCUT2D eigenvalue weighted by atomic mass is 16.4. The predicted octanol–water partition coefficient (Wildman–Crippen LogP) is -9.59. The number of imidazole rings is 1. The highest BCUT2D eigenvalue weighted by molar-refractivity contribution is 6.02. The molecule has 8 rings (SSSR count). The Kier molecular flexibility index (Phi) is 23.9. The first kappa shape index (κ1) is 70.5. The number of benzene rings is 3. The molecule has 94 heavy (non-hydrogen) atoms. The van der Waals surface area contributed by atoms with Crippen LogP contribution in [-0.2, 0) is 76.8 Å². The van der Waals surface area contributed by atoms with Gasteiger partial charge in [0.15, 0.2) is 18.1 Å². The number of primary amides is 2. The van der Waals surface area contributed by atoms with Crippen LogP contribution in [0.25, 0.3) is 10.9 Å². The predicted molar refractivity (Wildman–Crippen MR) is 328 cm³/mol. The number of aliphatic carboxylic acids is 1. The number of aliphatic hydroxyl groups is 2. The zero-order valence-electron chi connectivity index (χ0n) is 51.2. The van der Waals surface area contributed by atoms with Crippen LogP contribution in [0.1, 0.15) is 73.0 Å². The molecular weight excluding hydrogens is 1230 g/mol. The summed E-state index contributed by atoms with van der Waals surface area (Å²) in [5, 5.41) is 64.6. The van der Waals surface area contributed by atoms with E-state index in [2.05, 4.69) is 68.5 Å². The number of phenols is 1. The number of rotatable bonds is 22. The second-order valence-electron chi connectivity index (χ2n) is 23.2. The number of carboxylic acid groups (broad SMARTS) is 1. The zero-order chi connectivity index (χ0) is 68.7. The summed E-state index contributed by atoms with van der Waals surface area (Å²) in [4.78, 5) is 176. The monoisotopic (exact) mass is 1310 g/mol. The molecule has 2 aromatic heterocycles. The van der Waals surface area contributed by atoms with Crippen molar-refractivity contribution in [3.63, 3.8) is 0 Å². The number of phenolic OH excluding ortho intramolecular Hbond substituents is 1. The Morgan fingerprint density at radius 3 is 1.94 bits per heavy atom. The standard InChI is InChI=1S/C60H76N18O16/c1-27(2)45(75-57(91)46-44(49(63)83)30-12-15-34-31(22-67-37(34)19-30)18-35(61)50(84)70-39(21-43(62)82)53(87)74-41(24-79)54(88)76-46)56(90)71-38-20-32-23-78(26-68-32)48(29-10-13-33(81)14-11-29)47(77-55(89)42(25-80)73-52(38)86)58(92)69-36(9-6-16-66-60(64)65)51(85)72-40(59(93)94)17-28-7-4-3-5-8-28/h3-5,7-8,10-15,19,22-23,26-27,35-36,38-42,44-48,67,79-80H,6,9,16-18,20-21,24-25,61H2,1-2H3,(H19,62,63,64,65,66,69,70,71,72,73,74,75,76,77,81,82,83,84,85,86,87,88,89,90,91,92,93,94)/p+3/t35-,36-,38-,39-,40-,41-,42-,44+,45-,46-,47-,48+/m0/s1. The number of nitrogens with two attached hydrogens (primary N) is 4. The summed E-state index contributed by atoms with van der Waals surface area (Å²) >= 11 is 0. The van der Waals surface area contributed by atoms with Crippen molar-refractivity contribution in [2.24, 2.45) is 28.9 Å². The molecule has 3 aliphatic rings. The Hall–Kier alpha value is -11.0. The van der Waals surface area contributed by atoms with Crippen molar-refractivity contribution in [1.29, 1.82) is 0 Å². The lowest BCUT2D eigenvalue weighted by Crippen LogP contribution is -2.78. The molecule has 5 aromatic rings. The summed E-state index contributed by atoms with van der Waals surface area (Å²) in [6.07, 6.45) is 2.98. The normalized spacial score (nSPS) is 22.2. The second-order valence-corrected chi connectivity index (χ2v) is 23.2. The highest BCUT2D eigenvalue weighted by Gasteiger charge is 2.44. The number of nitrogens with zero attached hydrogens (tertiary/aromatic N) is 1. The maximum absolute atomic E-state index is 15.0. The summed E-state index contributed by atoms with van der Waals surface area (Å²) in [5.41, 5.74) is 28.5. The van der Waals surface area contributed by atoms with Crippen LogP contribution in [0.4, 0.5) is 0 Å². The number of amides is 11. The lowest BCUT2D eigenvalue weighted by atomic mass is 9.88. The third-order valence-electron chi connectivity index (χ3n) is 15.9. The molecule has 34 heteroatoms. The average Bonchev–Trinajstić information content (AvgIpc) is 1.50. The van der Waals surface area contributed by atoms with Crippen LogP contribution in [0.2, 0.25) is 0 Å². The van der Waals surface area contributed by atoms with E-state index in [1.54, 1.807) is 42.6 Å². The highest BCUT2D eigenvalue weighted by Crippen LogP contribution is 2.28. The molecule has 11 amide bonds. The minimum absolute atomic E-state index is 0.0146. The van der Waals surface area contributed by atoms with Gasteiger partial charge in [0.05, 0.1) is 32.1 Å². The molecule has 3 aliphatic heterocycles. The first-order valence-electron chi connectivity index (χ1n) is 29.9. The average molecular weight is 1310 g/mol.